The first-order valence-corrected chi connectivity index (χ1v) is 8.23. The van der Waals surface area contributed by atoms with Gasteiger partial charge in [-0.25, -0.2) is 8.42 Å². The van der Waals surface area contributed by atoms with Crippen LogP contribution in [0.15, 0.2) is 4.99 Å². The van der Waals surface area contributed by atoms with Gasteiger partial charge in [-0.15, -0.1) is 24.0 Å². The molecule has 1 heterocycles. The fourth-order valence-electron chi connectivity index (χ4n) is 2.17. The zero-order valence-electron chi connectivity index (χ0n) is 11.5. The molecular weight excluding hydrogens is 417 g/mol. The van der Waals surface area contributed by atoms with E-state index >= 15 is 0 Å². The van der Waals surface area contributed by atoms with Crippen molar-refractivity contribution in [3.05, 3.63) is 0 Å². The van der Waals surface area contributed by atoms with Crippen LogP contribution in [0.1, 0.15) is 25.7 Å². The highest BCUT2D eigenvalue weighted by Crippen LogP contribution is 2.23. The van der Waals surface area contributed by atoms with E-state index in [0.717, 1.165) is 17.1 Å². The number of nitrogens with zero attached hydrogens (tertiary/aromatic N) is 2. The van der Waals surface area contributed by atoms with Crippen LogP contribution in [0.25, 0.3) is 0 Å². The Morgan fingerprint density at radius 3 is 2.33 bits per heavy atom. The zero-order valence-corrected chi connectivity index (χ0v) is 14.7. The van der Waals surface area contributed by atoms with E-state index in [-0.39, 0.29) is 43.0 Å². The first-order chi connectivity index (χ1) is 9.39. The van der Waals surface area contributed by atoms with E-state index in [1.165, 1.54) is 0 Å². The average molecular weight is 438 g/mol. The quantitative estimate of drug-likeness (QED) is 0.380. The summed E-state index contributed by atoms with van der Waals surface area (Å²) in [5.74, 6) is -2.73. The van der Waals surface area contributed by atoms with Gasteiger partial charge in [-0.1, -0.05) is 0 Å². The van der Waals surface area contributed by atoms with Crippen LogP contribution in [0.2, 0.25) is 0 Å². The first-order valence-electron chi connectivity index (χ1n) is 6.73. The molecule has 21 heavy (non-hydrogen) atoms. The molecule has 2 rings (SSSR count). The first kappa shape index (κ1) is 18.8. The Morgan fingerprint density at radius 2 is 1.86 bits per heavy atom. The number of rotatable bonds is 5. The number of hydrogen-bond donors (Lipinski definition) is 2. The lowest BCUT2D eigenvalue weighted by Crippen LogP contribution is -2.42. The minimum absolute atomic E-state index is 0. The predicted octanol–water partition coefficient (Wildman–Crippen LogP) is 0.936. The van der Waals surface area contributed by atoms with Crippen LogP contribution in [0.3, 0.4) is 0 Å². The van der Waals surface area contributed by atoms with Crippen molar-refractivity contribution >= 4 is 40.0 Å². The molecule has 0 aromatic rings. The van der Waals surface area contributed by atoms with Gasteiger partial charge < -0.3 is 11.1 Å². The standard InChI is InChI=1S/C11H20F2N4O2S.HI/c12-10(13)20(18,19)17-5-3-8(4-6-17)7-15-11(14)16-9-1-2-9;/h8-10H,1-7H2,(H3,14,15,16);1H. The summed E-state index contributed by atoms with van der Waals surface area (Å²) in [6.07, 6.45) is 3.29. The molecule has 0 unspecified atom stereocenters. The molecular formula is C11H21F2IN4O2S. The summed E-state index contributed by atoms with van der Waals surface area (Å²) in [6, 6.07) is 0.441. The monoisotopic (exact) mass is 438 g/mol. The number of nitrogens with two attached hydrogens (primary N) is 1. The Bertz CT molecular complexity index is 463. The van der Waals surface area contributed by atoms with Gasteiger partial charge in [-0.3, -0.25) is 4.99 Å². The van der Waals surface area contributed by atoms with Crippen molar-refractivity contribution in [1.82, 2.24) is 9.62 Å². The number of sulfonamides is 1. The summed E-state index contributed by atoms with van der Waals surface area (Å²) in [5.41, 5.74) is 5.70. The molecule has 0 aromatic heterocycles. The summed E-state index contributed by atoms with van der Waals surface area (Å²) in [4.78, 5) is 4.22. The molecule has 6 nitrogen and oxygen atoms in total. The van der Waals surface area contributed by atoms with Crippen LogP contribution in [0.5, 0.6) is 0 Å². The third kappa shape index (κ3) is 5.47. The van der Waals surface area contributed by atoms with E-state index in [4.69, 9.17) is 5.73 Å². The lowest BCUT2D eigenvalue weighted by molar-refractivity contribution is 0.205. The van der Waals surface area contributed by atoms with E-state index in [9.17, 15) is 17.2 Å². The Labute approximate surface area is 140 Å². The normalized spacial score (nSPS) is 22.1. The Hall–Kier alpha value is -0.230. The third-order valence-corrected chi connectivity index (χ3v) is 5.14. The molecule has 1 aliphatic heterocycles. The number of alkyl halides is 2. The van der Waals surface area contributed by atoms with Crippen molar-refractivity contribution in [3.63, 3.8) is 0 Å². The van der Waals surface area contributed by atoms with Crippen LogP contribution in [0.4, 0.5) is 8.78 Å². The molecule has 2 fully saturated rings. The van der Waals surface area contributed by atoms with Gasteiger partial charge in [0.15, 0.2) is 5.96 Å². The molecule has 1 aliphatic carbocycles. The second-order valence-corrected chi connectivity index (χ2v) is 7.20. The highest BCUT2D eigenvalue weighted by atomic mass is 127. The number of guanidine groups is 1. The number of piperidine rings is 1. The number of aliphatic imine (C=N–C) groups is 1. The second kappa shape index (κ2) is 7.86. The topological polar surface area (TPSA) is 87.8 Å². The van der Waals surface area contributed by atoms with Gasteiger partial charge in [-0.05, 0) is 31.6 Å². The van der Waals surface area contributed by atoms with Crippen molar-refractivity contribution in [2.75, 3.05) is 19.6 Å². The molecule has 0 bridgehead atoms. The number of nitrogens with one attached hydrogen (secondary N) is 1. The predicted molar refractivity (Wildman–Crippen MR) is 87.3 cm³/mol. The summed E-state index contributed by atoms with van der Waals surface area (Å²) < 4.78 is 48.3. The lowest BCUT2D eigenvalue weighted by Gasteiger charge is -2.30. The van der Waals surface area contributed by atoms with Gasteiger partial charge >= 0.3 is 5.76 Å². The van der Waals surface area contributed by atoms with E-state index in [2.05, 4.69) is 10.3 Å². The van der Waals surface area contributed by atoms with Crippen LogP contribution in [0, 0.1) is 5.92 Å². The van der Waals surface area contributed by atoms with Gasteiger partial charge in [0, 0.05) is 25.7 Å². The highest BCUT2D eigenvalue weighted by Gasteiger charge is 2.34. The van der Waals surface area contributed by atoms with Crippen LogP contribution in [-0.4, -0.2) is 50.1 Å². The smallest absolute Gasteiger partial charge is 0.350 e. The lowest BCUT2D eigenvalue weighted by atomic mass is 9.98. The van der Waals surface area contributed by atoms with Crippen molar-refractivity contribution < 1.29 is 17.2 Å². The molecule has 0 atom stereocenters. The number of halogens is 3. The molecule has 0 aromatic carbocycles. The summed E-state index contributed by atoms with van der Waals surface area (Å²) in [5, 5.41) is 3.06. The minimum Gasteiger partial charge on any atom is -0.370 e. The van der Waals surface area contributed by atoms with Gasteiger partial charge in [-0.2, -0.15) is 13.1 Å². The van der Waals surface area contributed by atoms with E-state index in [1.807, 2.05) is 0 Å². The van der Waals surface area contributed by atoms with Crippen molar-refractivity contribution in [3.8, 4) is 0 Å². The fraction of sp³-hybridized carbons (Fsp3) is 0.909. The van der Waals surface area contributed by atoms with Gasteiger partial charge in [0.2, 0.25) is 0 Å². The molecule has 2 aliphatic rings. The summed E-state index contributed by atoms with van der Waals surface area (Å²) >= 11 is 0. The van der Waals surface area contributed by atoms with E-state index in [0.29, 0.717) is 31.4 Å². The summed E-state index contributed by atoms with van der Waals surface area (Å²) in [7, 11) is -4.44. The van der Waals surface area contributed by atoms with Crippen LogP contribution < -0.4 is 11.1 Å². The summed E-state index contributed by atoms with van der Waals surface area (Å²) in [6.45, 7) is 0.764. The molecule has 124 valence electrons. The van der Waals surface area contributed by atoms with Gasteiger partial charge in [0.1, 0.15) is 0 Å². The van der Waals surface area contributed by atoms with E-state index in [1.54, 1.807) is 0 Å². The molecule has 10 heteroatoms. The SMILES string of the molecule is I.NC(=NCC1CCN(S(=O)(=O)C(F)F)CC1)NC1CC1. The van der Waals surface area contributed by atoms with Crippen molar-refractivity contribution in [2.45, 2.75) is 37.5 Å². The Morgan fingerprint density at radius 1 is 1.29 bits per heavy atom. The third-order valence-electron chi connectivity index (χ3n) is 3.61. The molecule has 0 radical (unpaired) electrons. The maximum absolute atomic E-state index is 12.4. The molecule has 3 N–H and O–H groups in total. The van der Waals surface area contributed by atoms with Crippen LogP contribution in [-0.2, 0) is 10.0 Å². The molecule has 0 amide bonds. The van der Waals surface area contributed by atoms with Crippen LogP contribution >= 0.6 is 24.0 Å². The van der Waals surface area contributed by atoms with Gasteiger partial charge in [0.05, 0.1) is 0 Å². The Balaban J connectivity index is 0.00000220. The number of hydrogen-bond acceptors (Lipinski definition) is 3. The van der Waals surface area contributed by atoms with Crippen molar-refractivity contribution in [1.29, 1.82) is 0 Å². The highest BCUT2D eigenvalue weighted by molar-refractivity contribution is 14.0. The zero-order chi connectivity index (χ0) is 14.8. The maximum atomic E-state index is 12.4. The second-order valence-electron chi connectivity index (χ2n) is 5.29. The minimum atomic E-state index is -4.44. The molecule has 0 spiro atoms. The largest absolute Gasteiger partial charge is 0.370 e. The van der Waals surface area contributed by atoms with E-state index < -0.39 is 15.8 Å². The average Bonchev–Trinajstić information content (AvgIpc) is 3.20. The van der Waals surface area contributed by atoms with Gasteiger partial charge in [0.25, 0.3) is 10.0 Å². The maximum Gasteiger partial charge on any atom is 0.350 e. The Kier molecular flexibility index (Phi) is 7.04. The molecule has 1 saturated carbocycles. The molecule has 1 saturated heterocycles. The fourth-order valence-corrected chi connectivity index (χ4v) is 3.11. The van der Waals surface area contributed by atoms with Crippen molar-refractivity contribution in [2.24, 2.45) is 16.6 Å².